The van der Waals surface area contributed by atoms with Crippen molar-refractivity contribution in [3.63, 3.8) is 0 Å². The molecule has 1 aromatic carbocycles. The Hall–Kier alpha value is -1.76. The fourth-order valence-electron chi connectivity index (χ4n) is 1.34. The first-order valence-electron chi connectivity index (χ1n) is 4.57. The van der Waals surface area contributed by atoms with Crippen LogP contribution in [0.25, 0.3) is 0 Å². The third kappa shape index (κ3) is 2.68. The van der Waals surface area contributed by atoms with Crippen LogP contribution in [0.2, 0.25) is 0 Å². The summed E-state index contributed by atoms with van der Waals surface area (Å²) in [5.41, 5.74) is 5.12. The third-order valence-electron chi connectivity index (χ3n) is 2.15. The number of hydrogen-bond acceptors (Lipinski definition) is 5. The number of benzene rings is 1. The molecular weight excluding hydrogens is 246 g/mol. The van der Waals surface area contributed by atoms with E-state index in [0.717, 1.165) is 6.26 Å². The summed E-state index contributed by atoms with van der Waals surface area (Å²) in [7, 11) is -0.780. The van der Waals surface area contributed by atoms with E-state index in [1.54, 1.807) is 0 Å². The fourth-order valence-corrected chi connectivity index (χ4v) is 1.99. The average molecular weight is 259 g/mol. The van der Waals surface area contributed by atoms with Gasteiger partial charge in [0.05, 0.1) is 24.7 Å². The van der Waals surface area contributed by atoms with Crippen LogP contribution < -0.4 is 15.2 Å². The van der Waals surface area contributed by atoms with Crippen LogP contribution in [0.5, 0.6) is 11.5 Å². The van der Waals surface area contributed by atoms with E-state index in [4.69, 9.17) is 15.2 Å². The number of carbonyl (C=O) groups is 1. The van der Waals surface area contributed by atoms with Gasteiger partial charge >= 0.3 is 0 Å². The van der Waals surface area contributed by atoms with Crippen molar-refractivity contribution in [3.8, 4) is 11.5 Å². The summed E-state index contributed by atoms with van der Waals surface area (Å²) < 4.78 is 32.8. The largest absolute Gasteiger partial charge is 0.493 e. The first-order valence-corrected chi connectivity index (χ1v) is 6.46. The van der Waals surface area contributed by atoms with Crippen LogP contribution in [-0.2, 0) is 9.84 Å². The van der Waals surface area contributed by atoms with Crippen LogP contribution in [0.15, 0.2) is 17.0 Å². The van der Waals surface area contributed by atoms with E-state index in [2.05, 4.69) is 0 Å². The lowest BCUT2D eigenvalue weighted by molar-refractivity contribution is 0.0996. The quantitative estimate of drug-likeness (QED) is 0.833. The minimum Gasteiger partial charge on any atom is -0.493 e. The summed E-state index contributed by atoms with van der Waals surface area (Å²) >= 11 is 0. The SMILES string of the molecule is COc1cc(S(C)(=O)=O)cc(C(N)=O)c1OC. The Morgan fingerprint density at radius 1 is 1.24 bits per heavy atom. The predicted octanol–water partition coefficient (Wildman–Crippen LogP) is 0.206. The van der Waals surface area contributed by atoms with Gasteiger partial charge in [-0.15, -0.1) is 0 Å². The highest BCUT2D eigenvalue weighted by Crippen LogP contribution is 2.33. The molecule has 17 heavy (non-hydrogen) atoms. The van der Waals surface area contributed by atoms with Gasteiger partial charge in [0.15, 0.2) is 21.3 Å². The van der Waals surface area contributed by atoms with Crippen LogP contribution >= 0.6 is 0 Å². The van der Waals surface area contributed by atoms with Crippen LogP contribution in [0.3, 0.4) is 0 Å². The lowest BCUT2D eigenvalue weighted by atomic mass is 10.1. The van der Waals surface area contributed by atoms with Crippen molar-refractivity contribution in [2.24, 2.45) is 5.73 Å². The third-order valence-corrected chi connectivity index (χ3v) is 3.24. The molecule has 6 nitrogen and oxygen atoms in total. The number of nitrogens with two attached hydrogens (primary N) is 1. The van der Waals surface area contributed by atoms with Gasteiger partial charge in [0.1, 0.15) is 0 Å². The molecule has 1 amide bonds. The van der Waals surface area contributed by atoms with Gasteiger partial charge in [-0.05, 0) is 6.07 Å². The molecule has 7 heteroatoms. The number of amides is 1. The summed E-state index contributed by atoms with van der Waals surface area (Å²) in [5.74, 6) is -0.526. The summed E-state index contributed by atoms with van der Waals surface area (Å²) in [5, 5.41) is 0. The van der Waals surface area contributed by atoms with E-state index in [-0.39, 0.29) is 22.0 Å². The summed E-state index contributed by atoms with van der Waals surface area (Å²) in [6.45, 7) is 0. The Kier molecular flexibility index (Phi) is 3.62. The average Bonchev–Trinajstić information content (AvgIpc) is 2.25. The van der Waals surface area contributed by atoms with Crippen molar-refractivity contribution in [3.05, 3.63) is 17.7 Å². The topological polar surface area (TPSA) is 95.7 Å². The smallest absolute Gasteiger partial charge is 0.252 e. The molecule has 0 bridgehead atoms. The number of hydrogen-bond donors (Lipinski definition) is 1. The first kappa shape index (κ1) is 13.3. The Morgan fingerprint density at radius 3 is 2.18 bits per heavy atom. The minimum absolute atomic E-state index is 0.0349. The molecule has 0 aliphatic rings. The van der Waals surface area contributed by atoms with Crippen molar-refractivity contribution >= 4 is 15.7 Å². The van der Waals surface area contributed by atoms with Crippen LogP contribution in [0.1, 0.15) is 10.4 Å². The van der Waals surface area contributed by atoms with E-state index in [0.29, 0.717) is 0 Å². The highest BCUT2D eigenvalue weighted by atomic mass is 32.2. The Balaban J connectivity index is 3.63. The Bertz CT molecular complexity index is 550. The van der Waals surface area contributed by atoms with Crippen LogP contribution in [0, 0.1) is 0 Å². The van der Waals surface area contributed by atoms with Crippen molar-refractivity contribution < 1.29 is 22.7 Å². The second-order valence-electron chi connectivity index (χ2n) is 3.34. The number of sulfone groups is 1. The maximum absolute atomic E-state index is 11.4. The molecule has 0 aliphatic heterocycles. The van der Waals surface area contributed by atoms with Crippen LogP contribution in [0.4, 0.5) is 0 Å². The monoisotopic (exact) mass is 259 g/mol. The van der Waals surface area contributed by atoms with E-state index in [1.165, 1.54) is 26.4 Å². The molecule has 0 spiro atoms. The number of ether oxygens (including phenoxy) is 2. The standard InChI is InChI=1S/C10H13NO5S/c1-15-8-5-6(17(3,13)14)4-7(10(11)12)9(8)16-2/h4-5H,1-3H3,(H2,11,12). The molecule has 0 radical (unpaired) electrons. The number of methoxy groups -OCH3 is 2. The van der Waals surface area contributed by atoms with Gasteiger partial charge in [-0.1, -0.05) is 0 Å². The summed E-state index contributed by atoms with van der Waals surface area (Å²) in [6, 6.07) is 2.44. The zero-order chi connectivity index (χ0) is 13.2. The van der Waals surface area contributed by atoms with Crippen molar-refractivity contribution in [2.75, 3.05) is 20.5 Å². The van der Waals surface area contributed by atoms with Gasteiger partial charge in [0.25, 0.3) is 5.91 Å². The maximum Gasteiger partial charge on any atom is 0.252 e. The normalized spacial score (nSPS) is 11.0. The molecule has 2 N–H and O–H groups in total. The van der Waals surface area contributed by atoms with E-state index in [9.17, 15) is 13.2 Å². The first-order chi connectivity index (χ1) is 7.81. The van der Waals surface area contributed by atoms with Crippen molar-refractivity contribution in [1.29, 1.82) is 0 Å². The number of carbonyl (C=O) groups excluding carboxylic acids is 1. The minimum atomic E-state index is -3.46. The molecule has 1 rings (SSSR count). The highest BCUT2D eigenvalue weighted by molar-refractivity contribution is 7.90. The maximum atomic E-state index is 11.4. The Labute approximate surface area is 99.2 Å². The fraction of sp³-hybridized carbons (Fsp3) is 0.300. The molecule has 0 saturated carbocycles. The van der Waals surface area contributed by atoms with E-state index < -0.39 is 15.7 Å². The summed E-state index contributed by atoms with van der Waals surface area (Å²) in [4.78, 5) is 11.2. The Morgan fingerprint density at radius 2 is 1.82 bits per heavy atom. The van der Waals surface area contributed by atoms with Gasteiger partial charge in [-0.25, -0.2) is 8.42 Å². The van der Waals surface area contributed by atoms with Gasteiger partial charge in [-0.3, -0.25) is 4.79 Å². The van der Waals surface area contributed by atoms with Crippen molar-refractivity contribution in [1.82, 2.24) is 0 Å². The molecule has 0 aliphatic carbocycles. The van der Waals surface area contributed by atoms with Gasteiger partial charge in [0.2, 0.25) is 0 Å². The lowest BCUT2D eigenvalue weighted by Crippen LogP contribution is -2.14. The molecule has 0 saturated heterocycles. The highest BCUT2D eigenvalue weighted by Gasteiger charge is 2.20. The molecule has 0 atom stereocenters. The second-order valence-corrected chi connectivity index (χ2v) is 5.36. The van der Waals surface area contributed by atoms with Gasteiger partial charge in [0, 0.05) is 12.3 Å². The molecule has 0 aromatic heterocycles. The van der Waals surface area contributed by atoms with E-state index >= 15 is 0 Å². The van der Waals surface area contributed by atoms with Crippen LogP contribution in [-0.4, -0.2) is 34.8 Å². The molecule has 0 heterocycles. The van der Waals surface area contributed by atoms with E-state index in [1.807, 2.05) is 0 Å². The zero-order valence-electron chi connectivity index (χ0n) is 9.68. The molecule has 0 unspecified atom stereocenters. The molecule has 94 valence electrons. The summed E-state index contributed by atoms with van der Waals surface area (Å²) in [6.07, 6.45) is 1.03. The van der Waals surface area contributed by atoms with Gasteiger partial charge < -0.3 is 15.2 Å². The number of primary amides is 1. The van der Waals surface area contributed by atoms with Crippen molar-refractivity contribution in [2.45, 2.75) is 4.90 Å². The molecular formula is C10H13NO5S. The molecule has 1 aromatic rings. The lowest BCUT2D eigenvalue weighted by Gasteiger charge is -2.12. The number of rotatable bonds is 4. The molecule has 0 fully saturated rings. The second kappa shape index (κ2) is 4.62. The zero-order valence-corrected chi connectivity index (χ0v) is 10.5. The van der Waals surface area contributed by atoms with Gasteiger partial charge in [-0.2, -0.15) is 0 Å². The predicted molar refractivity (Wildman–Crippen MR) is 61.2 cm³/mol.